The molecule has 0 spiro atoms. The zero-order chi connectivity index (χ0) is 11.6. The minimum atomic E-state index is 0.323. The van der Waals surface area contributed by atoms with E-state index in [0.717, 1.165) is 13.1 Å². The van der Waals surface area contributed by atoms with E-state index in [1.54, 1.807) is 0 Å². The molecular weight excluding hydrogens is 202 g/mol. The van der Waals surface area contributed by atoms with Crippen LogP contribution in [-0.4, -0.2) is 37.0 Å². The first-order valence-corrected chi connectivity index (χ1v) is 6.32. The Morgan fingerprint density at radius 3 is 2.19 bits per heavy atom. The first-order chi connectivity index (χ1) is 7.83. The highest BCUT2D eigenvalue weighted by Gasteiger charge is 2.06. The number of nitrogens with zero attached hydrogens (tertiary/aromatic N) is 2. The summed E-state index contributed by atoms with van der Waals surface area (Å²) >= 11 is 0. The average Bonchev–Trinajstić information content (AvgIpc) is 2.42. The van der Waals surface area contributed by atoms with E-state index < -0.39 is 0 Å². The summed E-state index contributed by atoms with van der Waals surface area (Å²) in [4.78, 5) is 6.62. The van der Waals surface area contributed by atoms with Gasteiger partial charge in [0.05, 0.1) is 6.54 Å². The van der Waals surface area contributed by atoms with E-state index in [0.29, 0.717) is 5.96 Å². The Morgan fingerprint density at radius 2 is 1.62 bits per heavy atom. The number of nitrogens with one attached hydrogen (secondary N) is 1. The van der Waals surface area contributed by atoms with Gasteiger partial charge in [-0.2, -0.15) is 0 Å². The quantitative estimate of drug-likeness (QED) is 0.282. The molecule has 5 N–H and O–H groups in total. The number of nitrogens with two attached hydrogens (primary N) is 2. The number of hydrogen-bond donors (Lipinski definition) is 3. The highest BCUT2D eigenvalue weighted by molar-refractivity contribution is 5.77. The molecule has 1 aliphatic rings. The predicted octanol–water partition coefficient (Wildman–Crippen LogP) is 0.421. The van der Waals surface area contributed by atoms with Crippen LogP contribution in [-0.2, 0) is 0 Å². The maximum atomic E-state index is 5.46. The summed E-state index contributed by atoms with van der Waals surface area (Å²) < 4.78 is 0. The van der Waals surface area contributed by atoms with Crippen LogP contribution in [0.5, 0.6) is 0 Å². The number of hydrazine groups is 1. The number of hydrogen-bond acceptors (Lipinski definition) is 3. The van der Waals surface area contributed by atoms with Gasteiger partial charge in [-0.1, -0.05) is 25.7 Å². The fourth-order valence-electron chi connectivity index (χ4n) is 2.07. The van der Waals surface area contributed by atoms with E-state index in [9.17, 15) is 0 Å². The van der Waals surface area contributed by atoms with Gasteiger partial charge in [0.25, 0.3) is 0 Å². The molecule has 0 unspecified atom stereocenters. The standard InChI is InChI=1S/C11H25N5/c12-11(15-13)14-7-10-16-8-5-3-1-2-4-6-9-16/h1-10,13H2,(H3,12,14,15). The van der Waals surface area contributed by atoms with Crippen LogP contribution in [0.2, 0.25) is 0 Å². The van der Waals surface area contributed by atoms with Gasteiger partial charge < -0.3 is 10.6 Å². The Hall–Kier alpha value is -0.810. The SMILES string of the molecule is NNC(N)=NCCN1CCCCCCCC1. The van der Waals surface area contributed by atoms with Crippen molar-refractivity contribution in [1.29, 1.82) is 0 Å². The van der Waals surface area contributed by atoms with Crippen LogP contribution < -0.4 is 17.0 Å². The molecule has 1 heterocycles. The highest BCUT2D eigenvalue weighted by atomic mass is 15.3. The molecule has 0 radical (unpaired) electrons. The Kier molecular flexibility index (Phi) is 6.92. The summed E-state index contributed by atoms with van der Waals surface area (Å²) in [6.07, 6.45) is 8.16. The van der Waals surface area contributed by atoms with Gasteiger partial charge in [0, 0.05) is 6.54 Å². The predicted molar refractivity (Wildman–Crippen MR) is 68.0 cm³/mol. The van der Waals surface area contributed by atoms with E-state index in [1.165, 1.54) is 51.6 Å². The largest absolute Gasteiger partial charge is 0.369 e. The fourth-order valence-corrected chi connectivity index (χ4v) is 2.07. The molecule has 5 nitrogen and oxygen atoms in total. The molecule has 0 saturated carbocycles. The molecule has 0 aromatic heterocycles. The summed E-state index contributed by atoms with van der Waals surface area (Å²) in [5, 5.41) is 0. The van der Waals surface area contributed by atoms with Gasteiger partial charge in [0.2, 0.25) is 5.96 Å². The van der Waals surface area contributed by atoms with Gasteiger partial charge in [-0.15, -0.1) is 0 Å². The zero-order valence-electron chi connectivity index (χ0n) is 10.1. The molecule has 1 fully saturated rings. The van der Waals surface area contributed by atoms with Gasteiger partial charge >= 0.3 is 0 Å². The highest BCUT2D eigenvalue weighted by Crippen LogP contribution is 2.10. The average molecular weight is 227 g/mol. The maximum Gasteiger partial charge on any atom is 0.203 e. The lowest BCUT2D eigenvalue weighted by Gasteiger charge is -2.20. The van der Waals surface area contributed by atoms with Crippen LogP contribution in [0, 0.1) is 0 Å². The Bertz CT molecular complexity index is 195. The van der Waals surface area contributed by atoms with Crippen molar-refractivity contribution in [3.8, 4) is 0 Å². The molecule has 0 bridgehead atoms. The third kappa shape index (κ3) is 5.92. The second-order valence-electron chi connectivity index (χ2n) is 4.37. The van der Waals surface area contributed by atoms with E-state index in [2.05, 4.69) is 15.3 Å². The summed E-state index contributed by atoms with van der Waals surface area (Å²) in [6, 6.07) is 0. The number of aliphatic imine (C=N–C) groups is 1. The molecule has 0 aromatic carbocycles. The molecule has 1 saturated heterocycles. The maximum absolute atomic E-state index is 5.46. The Labute approximate surface area is 98.2 Å². The fraction of sp³-hybridized carbons (Fsp3) is 0.909. The number of guanidine groups is 1. The summed E-state index contributed by atoms with van der Waals surface area (Å²) in [5.74, 6) is 5.46. The van der Waals surface area contributed by atoms with E-state index in [1.807, 2.05) is 0 Å². The zero-order valence-corrected chi connectivity index (χ0v) is 10.1. The lowest BCUT2D eigenvalue weighted by molar-refractivity contribution is 0.276. The van der Waals surface area contributed by atoms with Gasteiger partial charge in [0.15, 0.2) is 0 Å². The molecular formula is C11H25N5. The van der Waals surface area contributed by atoms with Crippen molar-refractivity contribution in [1.82, 2.24) is 10.3 Å². The molecule has 0 aliphatic carbocycles. The Balaban J connectivity index is 2.21. The molecule has 0 aromatic rings. The summed E-state index contributed by atoms with van der Waals surface area (Å²) in [6.45, 7) is 4.12. The third-order valence-electron chi connectivity index (χ3n) is 3.04. The minimum Gasteiger partial charge on any atom is -0.369 e. The van der Waals surface area contributed by atoms with E-state index >= 15 is 0 Å². The van der Waals surface area contributed by atoms with Crippen molar-refractivity contribution in [3.63, 3.8) is 0 Å². The number of rotatable bonds is 3. The third-order valence-corrected chi connectivity index (χ3v) is 3.04. The van der Waals surface area contributed by atoms with Crippen molar-refractivity contribution >= 4 is 5.96 Å². The van der Waals surface area contributed by atoms with Crippen molar-refractivity contribution in [2.75, 3.05) is 26.2 Å². The van der Waals surface area contributed by atoms with Crippen LogP contribution in [0.15, 0.2) is 4.99 Å². The summed E-state index contributed by atoms with van der Waals surface area (Å²) in [5.41, 5.74) is 7.81. The first kappa shape index (κ1) is 13.3. The lowest BCUT2D eigenvalue weighted by Crippen LogP contribution is -2.38. The molecule has 0 amide bonds. The molecule has 0 atom stereocenters. The van der Waals surface area contributed by atoms with E-state index in [-0.39, 0.29) is 0 Å². The van der Waals surface area contributed by atoms with Gasteiger partial charge in [-0.25, -0.2) is 5.84 Å². The van der Waals surface area contributed by atoms with Crippen LogP contribution in [0.4, 0.5) is 0 Å². The minimum absolute atomic E-state index is 0.323. The van der Waals surface area contributed by atoms with Gasteiger partial charge in [-0.05, 0) is 25.9 Å². The van der Waals surface area contributed by atoms with Crippen molar-refractivity contribution in [2.45, 2.75) is 38.5 Å². The first-order valence-electron chi connectivity index (χ1n) is 6.32. The van der Waals surface area contributed by atoms with Crippen molar-refractivity contribution < 1.29 is 0 Å². The van der Waals surface area contributed by atoms with Crippen LogP contribution in [0.1, 0.15) is 38.5 Å². The Morgan fingerprint density at radius 1 is 1.06 bits per heavy atom. The summed E-state index contributed by atoms with van der Waals surface area (Å²) in [7, 11) is 0. The monoisotopic (exact) mass is 227 g/mol. The lowest BCUT2D eigenvalue weighted by atomic mass is 10.1. The molecule has 5 heteroatoms. The molecule has 94 valence electrons. The van der Waals surface area contributed by atoms with Gasteiger partial charge in [-0.3, -0.25) is 10.4 Å². The second kappa shape index (κ2) is 8.35. The normalized spacial score (nSPS) is 20.9. The topological polar surface area (TPSA) is 79.7 Å². The molecule has 1 rings (SSSR count). The van der Waals surface area contributed by atoms with Crippen LogP contribution in [0.25, 0.3) is 0 Å². The van der Waals surface area contributed by atoms with E-state index in [4.69, 9.17) is 11.6 Å². The molecule has 16 heavy (non-hydrogen) atoms. The molecule has 1 aliphatic heterocycles. The van der Waals surface area contributed by atoms with Crippen LogP contribution >= 0.6 is 0 Å². The van der Waals surface area contributed by atoms with Crippen LogP contribution in [0.3, 0.4) is 0 Å². The van der Waals surface area contributed by atoms with Crippen molar-refractivity contribution in [2.24, 2.45) is 16.6 Å². The van der Waals surface area contributed by atoms with Crippen molar-refractivity contribution in [3.05, 3.63) is 0 Å². The smallest absolute Gasteiger partial charge is 0.203 e. The second-order valence-corrected chi connectivity index (χ2v) is 4.37. The van der Waals surface area contributed by atoms with Gasteiger partial charge in [0.1, 0.15) is 0 Å².